The number of nitrogens with zero attached hydrogens (tertiary/aromatic N) is 12. The molecule has 0 spiro atoms. The van der Waals surface area contributed by atoms with Gasteiger partial charge in [-0.2, -0.15) is 21.0 Å². The Bertz CT molecular complexity index is 8740. The van der Waals surface area contributed by atoms with Crippen molar-refractivity contribution < 1.29 is 0 Å². The Hall–Kier alpha value is -18.3. The predicted molar refractivity (Wildman–Crippen MR) is 513 cm³/mol. The molecule has 0 bridgehead atoms. The van der Waals surface area contributed by atoms with Crippen LogP contribution < -0.4 is 0 Å². The summed E-state index contributed by atoms with van der Waals surface area (Å²) in [5.41, 5.74) is 29.1. The second-order valence-electron chi connectivity index (χ2n) is 31.4. The second kappa shape index (κ2) is 30.5. The number of hydrogen-bond acceptors (Lipinski definition) is 4. The van der Waals surface area contributed by atoms with Crippen LogP contribution in [0.3, 0.4) is 0 Å². The Morgan fingerprint density at radius 1 is 0.175 bits per heavy atom. The van der Waals surface area contributed by atoms with E-state index in [0.29, 0.717) is 33.6 Å². The number of hydrogen-bond donors (Lipinski definition) is 0. The Kier molecular flexibility index (Phi) is 17.9. The molecule has 0 aliphatic heterocycles. The molecule has 0 amide bonds. The third-order valence-corrected chi connectivity index (χ3v) is 24.4. The smallest absolute Gasteiger partial charge is 0.190 e. The van der Waals surface area contributed by atoms with Crippen LogP contribution in [0.2, 0.25) is 0 Å². The van der Waals surface area contributed by atoms with Gasteiger partial charge in [-0.1, -0.05) is 200 Å². The average Bonchev–Trinajstić information content (AvgIpc) is 1.59. The van der Waals surface area contributed by atoms with E-state index in [2.05, 4.69) is 365 Å². The van der Waals surface area contributed by atoms with Gasteiger partial charge < -0.3 is 27.4 Å². The van der Waals surface area contributed by atoms with E-state index >= 15 is 0 Å². The fraction of sp³-hybridized carbons (Fsp3) is 0. The lowest BCUT2D eigenvalue weighted by Crippen LogP contribution is -1.96. The van der Waals surface area contributed by atoms with Gasteiger partial charge in [-0.15, -0.1) is 0 Å². The first-order valence-corrected chi connectivity index (χ1v) is 41.4. The number of fused-ring (bicyclic) bond motifs is 18. The topological polar surface area (TPSA) is 133 Å². The summed E-state index contributed by atoms with van der Waals surface area (Å²) in [7, 11) is 0. The number of benzene rings is 18. The Morgan fingerprint density at radius 2 is 0.444 bits per heavy atom. The molecule has 0 saturated carbocycles. The summed E-state index contributed by atoms with van der Waals surface area (Å²) in [4.78, 5) is 7.27. The minimum absolute atomic E-state index is 0.375. The second-order valence-corrected chi connectivity index (χ2v) is 31.4. The molecule has 24 rings (SSSR count). The summed E-state index contributed by atoms with van der Waals surface area (Å²) >= 11 is 0. The van der Waals surface area contributed by atoms with Gasteiger partial charge >= 0.3 is 0 Å². The fourth-order valence-electron chi connectivity index (χ4n) is 18.9. The van der Waals surface area contributed by atoms with Gasteiger partial charge in [0.1, 0.15) is 12.1 Å². The van der Waals surface area contributed by atoms with E-state index in [4.69, 9.17) is 13.1 Å². The van der Waals surface area contributed by atoms with Gasteiger partial charge in [0.25, 0.3) is 0 Å². The van der Waals surface area contributed by atoms with Crippen LogP contribution in [0.4, 0.5) is 11.4 Å². The molecule has 24 aromatic rings. The minimum Gasteiger partial charge on any atom is -0.311 e. The van der Waals surface area contributed by atoms with Crippen LogP contribution in [0.25, 0.3) is 208 Å². The summed E-state index contributed by atoms with van der Waals surface area (Å²) < 4.78 is 13.5. The van der Waals surface area contributed by atoms with E-state index in [-0.39, 0.29) is 0 Å². The van der Waals surface area contributed by atoms with Crippen LogP contribution in [0, 0.1) is 58.5 Å². The minimum atomic E-state index is 0.375. The van der Waals surface area contributed by atoms with Gasteiger partial charge in [0.15, 0.2) is 11.4 Å². The van der Waals surface area contributed by atoms with E-state index in [1.807, 2.05) is 78.9 Å². The van der Waals surface area contributed by atoms with Gasteiger partial charge in [-0.3, -0.25) is 0 Å². The Morgan fingerprint density at radius 3 is 0.778 bits per heavy atom. The van der Waals surface area contributed by atoms with Crippen LogP contribution in [0.15, 0.2) is 400 Å². The summed E-state index contributed by atoms with van der Waals surface area (Å²) in [6, 6.07) is 147. The van der Waals surface area contributed by atoms with Crippen LogP contribution in [-0.2, 0) is 0 Å². The third kappa shape index (κ3) is 12.3. The number of para-hydroxylation sites is 8. The van der Waals surface area contributed by atoms with Crippen molar-refractivity contribution in [2.75, 3.05) is 0 Å². The molecule has 0 atom stereocenters. The van der Waals surface area contributed by atoms with Crippen molar-refractivity contribution in [3.05, 3.63) is 445 Å². The van der Waals surface area contributed by atoms with E-state index in [0.717, 1.165) is 133 Å². The maximum atomic E-state index is 9.66. The van der Waals surface area contributed by atoms with Crippen molar-refractivity contribution in [2.45, 2.75) is 0 Å². The highest BCUT2D eigenvalue weighted by Gasteiger charge is 2.23. The summed E-state index contributed by atoms with van der Waals surface area (Å²) in [5.74, 6) is 0. The molecule has 0 fully saturated rings. The maximum absolute atomic E-state index is 9.66. The van der Waals surface area contributed by atoms with Crippen LogP contribution >= 0.6 is 0 Å². The normalized spacial score (nSPS) is 11.3. The largest absolute Gasteiger partial charge is 0.311 e. The zero-order valence-electron chi connectivity index (χ0n) is 67.5. The molecule has 582 valence electrons. The molecule has 12 heteroatoms. The summed E-state index contributed by atoms with van der Waals surface area (Å²) in [5, 5.41) is 52.3. The highest BCUT2D eigenvalue weighted by Crippen LogP contribution is 2.45. The lowest BCUT2D eigenvalue weighted by atomic mass is 10.0. The molecular formula is C114H66N12. The molecule has 0 aliphatic carbocycles. The highest BCUT2D eigenvalue weighted by atomic mass is 15.0. The first-order valence-electron chi connectivity index (χ1n) is 41.4. The average molecular weight is 1600 g/mol. The molecule has 0 unspecified atom stereocenters. The van der Waals surface area contributed by atoms with Crippen molar-refractivity contribution in [1.82, 2.24) is 27.4 Å². The monoisotopic (exact) mass is 1600 g/mol. The highest BCUT2D eigenvalue weighted by molar-refractivity contribution is 6.17. The molecule has 126 heavy (non-hydrogen) atoms. The molecule has 0 saturated heterocycles. The Labute approximate surface area is 723 Å². The van der Waals surface area contributed by atoms with Crippen molar-refractivity contribution >= 4 is 142 Å². The lowest BCUT2D eigenvalue weighted by Gasteiger charge is -2.10. The van der Waals surface area contributed by atoms with E-state index in [9.17, 15) is 21.0 Å². The molecule has 0 N–H and O–H groups in total. The zero-order valence-corrected chi connectivity index (χ0v) is 67.5. The molecule has 6 aromatic heterocycles. The van der Waals surface area contributed by atoms with Gasteiger partial charge in [0.05, 0.1) is 108 Å². The van der Waals surface area contributed by atoms with Crippen molar-refractivity contribution in [3.8, 4) is 91.8 Å². The van der Waals surface area contributed by atoms with Crippen LogP contribution in [0.1, 0.15) is 22.3 Å². The van der Waals surface area contributed by atoms with Gasteiger partial charge in [-0.05, 0) is 234 Å². The quantitative estimate of drug-likeness (QED) is 0.133. The van der Waals surface area contributed by atoms with Crippen molar-refractivity contribution in [1.29, 1.82) is 21.0 Å². The third-order valence-electron chi connectivity index (χ3n) is 24.4. The first-order chi connectivity index (χ1) is 62.2. The molecular weight excluding hydrogens is 1540 g/mol. The molecule has 0 aliphatic rings. The zero-order chi connectivity index (χ0) is 84.6. The number of nitriles is 4. The van der Waals surface area contributed by atoms with Crippen molar-refractivity contribution in [3.63, 3.8) is 0 Å². The summed E-state index contributed by atoms with van der Waals surface area (Å²) in [6.07, 6.45) is 0. The summed E-state index contributed by atoms with van der Waals surface area (Å²) in [6.45, 7) is 15.0. The molecule has 0 radical (unpaired) electrons. The first kappa shape index (κ1) is 74.0. The van der Waals surface area contributed by atoms with Crippen LogP contribution in [0.5, 0.6) is 0 Å². The van der Waals surface area contributed by atoms with Crippen LogP contribution in [-0.4, -0.2) is 27.4 Å². The van der Waals surface area contributed by atoms with Gasteiger partial charge in [-0.25, -0.2) is 9.69 Å². The van der Waals surface area contributed by atoms with E-state index in [1.165, 1.54) is 65.2 Å². The van der Waals surface area contributed by atoms with E-state index < -0.39 is 0 Å². The predicted octanol–water partition coefficient (Wildman–Crippen LogP) is 29.2. The molecule has 18 aromatic carbocycles. The van der Waals surface area contributed by atoms with Gasteiger partial charge in [0.2, 0.25) is 0 Å². The molecule has 12 nitrogen and oxygen atoms in total. The fourth-order valence-corrected chi connectivity index (χ4v) is 18.9. The number of rotatable bonds is 9. The number of aromatic nitrogens is 6. The van der Waals surface area contributed by atoms with E-state index in [1.54, 1.807) is 18.2 Å². The maximum Gasteiger partial charge on any atom is 0.190 e. The molecule has 6 heterocycles. The standard InChI is InChI=1S/3C38H22N4/c1-40-28-9-7-11-30(23-28)42-36-15-5-3-13-32(36)34-22-27(17-19-38(34)42)26-16-18-37-33(21-26)31-12-2-4-14-35(31)41(37)29-10-6-8-25(20-29)24-39;1-40-28-19-25(24-39)20-30(23-28)42-36-14-8-6-12-32(36)34-22-27(16-18-38(34)42)26-15-17-37-33(21-26)31-11-5-7-13-35(31)41(37)29-9-3-2-4-10-29;39-23-27-14-17-30(20-28(27)24-40)42-36-13-7-5-11-32(36)34-22-26(16-19-38(34)42)25-15-18-37-33(21-25)31-10-4-6-12-35(31)41(37)29-8-2-1-3-9-29/h2*2-23H;1-22H. The SMILES string of the molecule is N#Cc1ccc(-n2c3ccccc3c3cc(-c4ccc5c(c4)c4ccccc4n5-c4ccccc4)ccc32)cc1C#N.[C-]#[N+]c1cc(C#N)cc(-n2c3ccccc3c3cc(-c4ccc5c(c4)c4ccccc4n5-c4ccccc4)ccc32)c1.[C-]#[N+]c1cccc(-n2c3ccccc3c3cc(-c4ccc5c(c4)c4ccccc4n5-c4cccc(C#N)c4)ccc32)c1. The van der Waals surface area contributed by atoms with Gasteiger partial charge in [0, 0.05) is 104 Å². The van der Waals surface area contributed by atoms with Crippen molar-refractivity contribution in [2.24, 2.45) is 0 Å². The Balaban J connectivity index is 0.000000112. The lowest BCUT2D eigenvalue weighted by molar-refractivity contribution is 1.17.